The third-order valence-electron chi connectivity index (χ3n) is 5.36. The van der Waals surface area contributed by atoms with Crippen LogP contribution in [0.2, 0.25) is 0 Å². The van der Waals surface area contributed by atoms with E-state index in [1.807, 2.05) is 30.3 Å². The number of hydrogen-bond acceptors (Lipinski definition) is 6. The van der Waals surface area contributed by atoms with E-state index in [4.69, 9.17) is 18.9 Å². The Morgan fingerprint density at radius 2 is 1.68 bits per heavy atom. The van der Waals surface area contributed by atoms with Gasteiger partial charge in [0.1, 0.15) is 6.61 Å². The molecule has 1 atom stereocenters. The molecule has 176 valence electrons. The lowest BCUT2D eigenvalue weighted by Crippen LogP contribution is -2.40. The van der Waals surface area contributed by atoms with E-state index in [1.54, 1.807) is 50.6 Å². The van der Waals surface area contributed by atoms with Crippen LogP contribution in [0.4, 0.5) is 5.69 Å². The van der Waals surface area contributed by atoms with Gasteiger partial charge in [0.2, 0.25) is 6.10 Å². The van der Waals surface area contributed by atoms with Gasteiger partial charge in [-0.05, 0) is 60.5 Å². The van der Waals surface area contributed by atoms with Gasteiger partial charge in [-0.25, -0.2) is 0 Å². The van der Waals surface area contributed by atoms with Crippen LogP contribution in [-0.2, 0) is 11.2 Å². The molecule has 8 heteroatoms. The summed E-state index contributed by atoms with van der Waals surface area (Å²) < 4.78 is 21.9. The maximum Gasteiger partial charge on any atom is 0.269 e. The Labute approximate surface area is 197 Å². The summed E-state index contributed by atoms with van der Waals surface area (Å²) in [5.74, 6) is 1.95. The Balaban J connectivity index is 1.27. The van der Waals surface area contributed by atoms with E-state index in [2.05, 4.69) is 10.6 Å². The third kappa shape index (κ3) is 5.40. The highest BCUT2D eigenvalue weighted by Crippen LogP contribution is 2.31. The van der Waals surface area contributed by atoms with Crippen LogP contribution >= 0.6 is 0 Å². The molecule has 3 aromatic rings. The number of benzene rings is 3. The molecule has 0 unspecified atom stereocenters. The molecule has 8 nitrogen and oxygen atoms in total. The quantitative estimate of drug-likeness (QED) is 0.533. The van der Waals surface area contributed by atoms with Gasteiger partial charge in [-0.2, -0.15) is 0 Å². The number of fused-ring (bicyclic) bond motifs is 1. The number of carbonyl (C=O) groups is 2. The van der Waals surface area contributed by atoms with Crippen molar-refractivity contribution >= 4 is 17.5 Å². The molecular weight excluding hydrogens is 436 g/mol. The minimum absolute atomic E-state index is 0.128. The predicted molar refractivity (Wildman–Crippen MR) is 127 cm³/mol. The predicted octanol–water partition coefficient (Wildman–Crippen LogP) is 3.45. The third-order valence-corrected chi connectivity index (χ3v) is 5.36. The number of carbonyl (C=O) groups excluding carboxylic acids is 2. The molecule has 0 bridgehead atoms. The Bertz CT molecular complexity index is 1160. The molecule has 2 N–H and O–H groups in total. The van der Waals surface area contributed by atoms with Gasteiger partial charge in [0.15, 0.2) is 23.0 Å². The van der Waals surface area contributed by atoms with Gasteiger partial charge in [-0.1, -0.05) is 18.2 Å². The Morgan fingerprint density at radius 1 is 0.941 bits per heavy atom. The van der Waals surface area contributed by atoms with Gasteiger partial charge in [0.05, 0.1) is 14.2 Å². The zero-order chi connectivity index (χ0) is 23.9. The number of nitrogens with one attached hydrogen (secondary N) is 2. The van der Waals surface area contributed by atoms with Crippen molar-refractivity contribution in [3.05, 3.63) is 77.9 Å². The topological polar surface area (TPSA) is 95.1 Å². The fraction of sp³-hybridized carbons (Fsp3) is 0.231. The highest BCUT2D eigenvalue weighted by Gasteiger charge is 2.27. The molecule has 0 aromatic heterocycles. The van der Waals surface area contributed by atoms with Gasteiger partial charge in [-0.15, -0.1) is 0 Å². The lowest BCUT2D eigenvalue weighted by molar-refractivity contribution is -0.125. The number of amides is 2. The maximum absolute atomic E-state index is 12.5. The summed E-state index contributed by atoms with van der Waals surface area (Å²) in [5.41, 5.74) is 2.08. The minimum atomic E-state index is -0.755. The number of para-hydroxylation sites is 2. The summed E-state index contributed by atoms with van der Waals surface area (Å²) in [5, 5.41) is 5.70. The second kappa shape index (κ2) is 10.6. The average molecular weight is 463 g/mol. The van der Waals surface area contributed by atoms with E-state index in [0.29, 0.717) is 47.2 Å². The van der Waals surface area contributed by atoms with Crippen molar-refractivity contribution in [3.8, 4) is 23.0 Å². The van der Waals surface area contributed by atoms with Crippen molar-refractivity contribution in [1.82, 2.24) is 5.32 Å². The monoisotopic (exact) mass is 462 g/mol. The molecule has 34 heavy (non-hydrogen) atoms. The first-order valence-corrected chi connectivity index (χ1v) is 10.9. The second-order valence-corrected chi connectivity index (χ2v) is 7.63. The van der Waals surface area contributed by atoms with E-state index >= 15 is 0 Å². The molecule has 0 saturated heterocycles. The Hall–Kier alpha value is -4.20. The number of anilines is 1. The summed E-state index contributed by atoms with van der Waals surface area (Å²) in [6.07, 6.45) is -0.109. The normalized spacial score (nSPS) is 14.1. The first kappa shape index (κ1) is 23.0. The van der Waals surface area contributed by atoms with E-state index in [0.717, 1.165) is 5.56 Å². The Kier molecular flexibility index (Phi) is 7.17. The first-order chi connectivity index (χ1) is 16.6. The molecule has 0 radical (unpaired) electrons. The summed E-state index contributed by atoms with van der Waals surface area (Å²) in [6.45, 7) is 0.594. The van der Waals surface area contributed by atoms with Gasteiger partial charge in [-0.3, -0.25) is 9.59 Å². The molecule has 0 fully saturated rings. The molecule has 0 aliphatic carbocycles. The zero-order valence-electron chi connectivity index (χ0n) is 19.0. The molecule has 3 aromatic carbocycles. The van der Waals surface area contributed by atoms with Crippen LogP contribution in [0.15, 0.2) is 66.7 Å². The van der Waals surface area contributed by atoms with Crippen molar-refractivity contribution in [2.45, 2.75) is 12.5 Å². The Morgan fingerprint density at radius 3 is 2.41 bits per heavy atom. The van der Waals surface area contributed by atoms with Crippen molar-refractivity contribution in [2.75, 3.05) is 32.7 Å². The summed E-state index contributed by atoms with van der Waals surface area (Å²) in [4.78, 5) is 25.0. The first-order valence-electron chi connectivity index (χ1n) is 10.9. The molecule has 4 rings (SSSR count). The van der Waals surface area contributed by atoms with Crippen LogP contribution in [-0.4, -0.2) is 45.3 Å². The van der Waals surface area contributed by atoms with Gasteiger partial charge in [0.25, 0.3) is 11.8 Å². The van der Waals surface area contributed by atoms with Crippen LogP contribution in [0.5, 0.6) is 23.0 Å². The maximum atomic E-state index is 12.5. The number of rotatable bonds is 8. The molecule has 0 spiro atoms. The van der Waals surface area contributed by atoms with Crippen molar-refractivity contribution in [1.29, 1.82) is 0 Å². The SMILES string of the molecule is COc1ccc(CCNC(=O)c2ccc(NC(=O)[C@@H]3COc4ccccc4O3)cc2)cc1OC. The van der Waals surface area contributed by atoms with Gasteiger partial charge in [0, 0.05) is 17.8 Å². The lowest BCUT2D eigenvalue weighted by Gasteiger charge is -2.25. The van der Waals surface area contributed by atoms with E-state index in [-0.39, 0.29) is 18.4 Å². The molecular formula is C26H26N2O6. The van der Waals surface area contributed by atoms with Crippen molar-refractivity contribution in [2.24, 2.45) is 0 Å². The standard InChI is InChI=1S/C26H26N2O6/c1-31-20-12-7-17(15-23(20)32-2)13-14-27-25(29)18-8-10-19(11-9-18)28-26(30)24-16-33-21-5-3-4-6-22(21)34-24/h3-12,15,24H,13-14,16H2,1-2H3,(H,27,29)(H,28,30)/t24-/m0/s1. The number of ether oxygens (including phenoxy) is 4. The van der Waals surface area contributed by atoms with Gasteiger partial charge >= 0.3 is 0 Å². The van der Waals surface area contributed by atoms with Crippen LogP contribution in [0.25, 0.3) is 0 Å². The van der Waals surface area contributed by atoms with Crippen molar-refractivity contribution in [3.63, 3.8) is 0 Å². The molecule has 2 amide bonds. The van der Waals surface area contributed by atoms with E-state index in [9.17, 15) is 9.59 Å². The average Bonchev–Trinajstić information content (AvgIpc) is 2.88. The van der Waals surface area contributed by atoms with E-state index in [1.165, 1.54) is 0 Å². The highest BCUT2D eigenvalue weighted by atomic mass is 16.6. The molecule has 1 heterocycles. The molecule has 1 aliphatic heterocycles. The smallest absolute Gasteiger partial charge is 0.269 e. The molecule has 0 saturated carbocycles. The molecule has 1 aliphatic rings. The van der Waals surface area contributed by atoms with E-state index < -0.39 is 6.10 Å². The fourth-order valence-electron chi connectivity index (χ4n) is 3.53. The fourth-order valence-corrected chi connectivity index (χ4v) is 3.53. The highest BCUT2D eigenvalue weighted by molar-refractivity contribution is 5.97. The van der Waals surface area contributed by atoms with Crippen LogP contribution in [0.3, 0.4) is 0 Å². The van der Waals surface area contributed by atoms with Gasteiger partial charge < -0.3 is 29.6 Å². The largest absolute Gasteiger partial charge is 0.493 e. The minimum Gasteiger partial charge on any atom is -0.493 e. The van der Waals surface area contributed by atoms with Crippen LogP contribution in [0.1, 0.15) is 15.9 Å². The number of methoxy groups -OCH3 is 2. The lowest BCUT2D eigenvalue weighted by atomic mass is 10.1. The zero-order valence-corrected chi connectivity index (χ0v) is 19.0. The summed E-state index contributed by atoms with van der Waals surface area (Å²) >= 11 is 0. The van der Waals surface area contributed by atoms with Crippen molar-refractivity contribution < 1.29 is 28.5 Å². The van der Waals surface area contributed by atoms with Crippen LogP contribution < -0.4 is 29.6 Å². The second-order valence-electron chi connectivity index (χ2n) is 7.63. The summed E-state index contributed by atoms with van der Waals surface area (Å²) in [7, 11) is 3.18. The summed E-state index contributed by atoms with van der Waals surface area (Å²) in [6, 6.07) is 19.6. The van der Waals surface area contributed by atoms with Crippen LogP contribution in [0, 0.1) is 0 Å². The number of hydrogen-bond donors (Lipinski definition) is 2.